The van der Waals surface area contributed by atoms with Gasteiger partial charge in [0.05, 0.1) is 11.2 Å². The number of rotatable bonds is 3. The molecule has 1 aromatic carbocycles. The standard InChI is InChI=1S/C21H22F3NO5/c22-21(23,24)16-10-19(27)30-17-9-14(4-5-15(16)17)29-12-18(26)25-8-7-20(28)6-2-1-3-13(20)11-25/h4-5,9-10,13,28H,1-3,6-8,11-12H2. The normalized spacial score (nSPS) is 24.5. The minimum absolute atomic E-state index is 0.0553. The molecule has 2 aliphatic rings. The molecule has 2 heterocycles. The molecular weight excluding hydrogens is 403 g/mol. The maximum Gasteiger partial charge on any atom is 0.417 e. The third-order valence-corrected chi connectivity index (χ3v) is 6.16. The van der Waals surface area contributed by atoms with Crippen LogP contribution < -0.4 is 10.4 Å². The van der Waals surface area contributed by atoms with E-state index in [4.69, 9.17) is 9.15 Å². The first kappa shape index (κ1) is 20.7. The van der Waals surface area contributed by atoms with Gasteiger partial charge in [-0.3, -0.25) is 4.79 Å². The Hall–Kier alpha value is -2.55. The highest BCUT2D eigenvalue weighted by Gasteiger charge is 2.43. The van der Waals surface area contributed by atoms with Gasteiger partial charge < -0.3 is 19.2 Å². The van der Waals surface area contributed by atoms with E-state index < -0.39 is 23.0 Å². The summed E-state index contributed by atoms with van der Waals surface area (Å²) in [6.45, 7) is 0.622. The summed E-state index contributed by atoms with van der Waals surface area (Å²) in [5.41, 5.74) is -3.15. The first-order chi connectivity index (χ1) is 14.2. The number of benzene rings is 1. The minimum Gasteiger partial charge on any atom is -0.484 e. The molecule has 4 rings (SSSR count). The van der Waals surface area contributed by atoms with Crippen molar-refractivity contribution in [3.63, 3.8) is 0 Å². The van der Waals surface area contributed by atoms with Gasteiger partial charge in [-0.1, -0.05) is 12.8 Å². The topological polar surface area (TPSA) is 80.0 Å². The third kappa shape index (κ3) is 4.03. The number of nitrogens with zero attached hydrogens (tertiary/aromatic N) is 1. The molecule has 2 aromatic rings. The van der Waals surface area contributed by atoms with Crippen molar-refractivity contribution in [3.05, 3.63) is 40.2 Å². The van der Waals surface area contributed by atoms with E-state index in [0.717, 1.165) is 31.7 Å². The molecule has 162 valence electrons. The summed E-state index contributed by atoms with van der Waals surface area (Å²) in [5, 5.41) is 10.5. The van der Waals surface area contributed by atoms with Gasteiger partial charge in [0.2, 0.25) is 0 Å². The molecule has 2 unspecified atom stereocenters. The smallest absolute Gasteiger partial charge is 0.417 e. The molecular formula is C21H22F3NO5. The lowest BCUT2D eigenvalue weighted by Gasteiger charge is -2.47. The monoisotopic (exact) mass is 425 g/mol. The Balaban J connectivity index is 1.45. The maximum atomic E-state index is 13.1. The fraction of sp³-hybridized carbons (Fsp3) is 0.524. The zero-order chi connectivity index (χ0) is 21.5. The van der Waals surface area contributed by atoms with Crippen molar-refractivity contribution >= 4 is 16.9 Å². The number of amides is 1. The molecule has 1 aromatic heterocycles. The van der Waals surface area contributed by atoms with Gasteiger partial charge in [0, 0.05) is 36.5 Å². The molecule has 2 atom stereocenters. The van der Waals surface area contributed by atoms with E-state index in [1.165, 1.54) is 12.1 Å². The van der Waals surface area contributed by atoms with Gasteiger partial charge >= 0.3 is 11.8 Å². The molecule has 0 spiro atoms. The number of carbonyl (C=O) groups excluding carboxylic acids is 1. The fourth-order valence-electron chi connectivity index (χ4n) is 4.50. The highest BCUT2D eigenvalue weighted by atomic mass is 19.4. The largest absolute Gasteiger partial charge is 0.484 e. The Morgan fingerprint density at radius 1 is 1.27 bits per heavy atom. The highest BCUT2D eigenvalue weighted by molar-refractivity contribution is 5.82. The van der Waals surface area contributed by atoms with Crippen molar-refractivity contribution in [2.45, 2.75) is 43.9 Å². The number of alkyl halides is 3. The average Bonchev–Trinajstić information content (AvgIpc) is 2.69. The predicted molar refractivity (Wildman–Crippen MR) is 101 cm³/mol. The Bertz CT molecular complexity index is 1020. The number of halogens is 3. The highest BCUT2D eigenvalue weighted by Crippen LogP contribution is 2.40. The zero-order valence-corrected chi connectivity index (χ0v) is 16.2. The summed E-state index contributed by atoms with van der Waals surface area (Å²) in [7, 11) is 0. The van der Waals surface area contributed by atoms with Gasteiger partial charge in [0.1, 0.15) is 11.3 Å². The number of hydrogen-bond donors (Lipinski definition) is 1. The summed E-state index contributed by atoms with van der Waals surface area (Å²) < 4.78 is 49.7. The first-order valence-corrected chi connectivity index (χ1v) is 9.94. The van der Waals surface area contributed by atoms with Crippen molar-refractivity contribution in [2.24, 2.45) is 5.92 Å². The van der Waals surface area contributed by atoms with Crippen molar-refractivity contribution < 1.29 is 32.2 Å². The van der Waals surface area contributed by atoms with Gasteiger partial charge in [0.15, 0.2) is 6.61 Å². The van der Waals surface area contributed by atoms with E-state index in [2.05, 4.69) is 0 Å². The molecule has 1 amide bonds. The molecule has 1 saturated carbocycles. The van der Waals surface area contributed by atoms with Crippen LogP contribution in [0.25, 0.3) is 11.0 Å². The first-order valence-electron chi connectivity index (χ1n) is 9.94. The van der Waals surface area contributed by atoms with Gasteiger partial charge in [-0.2, -0.15) is 13.2 Å². The Labute approximate surface area is 170 Å². The zero-order valence-electron chi connectivity index (χ0n) is 16.2. The lowest BCUT2D eigenvalue weighted by atomic mass is 9.71. The van der Waals surface area contributed by atoms with Crippen LogP contribution in [0.2, 0.25) is 0 Å². The van der Waals surface area contributed by atoms with Gasteiger partial charge in [-0.25, -0.2) is 4.79 Å². The molecule has 1 saturated heterocycles. The second-order valence-electron chi connectivity index (χ2n) is 8.06. The fourth-order valence-corrected chi connectivity index (χ4v) is 4.50. The number of likely N-dealkylation sites (tertiary alicyclic amines) is 1. The minimum atomic E-state index is -4.69. The number of aliphatic hydroxyl groups is 1. The molecule has 1 N–H and O–H groups in total. The molecule has 1 aliphatic carbocycles. The van der Waals surface area contributed by atoms with Gasteiger partial charge in [0.25, 0.3) is 5.91 Å². The van der Waals surface area contributed by atoms with Crippen LogP contribution in [0, 0.1) is 5.92 Å². The van der Waals surface area contributed by atoms with E-state index in [1.54, 1.807) is 4.90 Å². The molecule has 2 fully saturated rings. The van der Waals surface area contributed by atoms with Crippen LogP contribution in [-0.4, -0.2) is 41.2 Å². The number of ether oxygens (including phenoxy) is 1. The molecule has 0 radical (unpaired) electrons. The van der Waals surface area contributed by atoms with Gasteiger partial charge in [-0.15, -0.1) is 0 Å². The number of hydrogen-bond acceptors (Lipinski definition) is 5. The SMILES string of the molecule is O=C(COc1ccc2c(C(F)(F)F)cc(=O)oc2c1)N1CCC2(O)CCCCC2C1. The number of carbonyl (C=O) groups is 1. The third-order valence-electron chi connectivity index (χ3n) is 6.16. The summed E-state index contributed by atoms with van der Waals surface area (Å²) in [6, 6.07) is 4.05. The molecule has 9 heteroatoms. The van der Waals surface area contributed by atoms with Crippen LogP contribution in [0.5, 0.6) is 5.75 Å². The van der Waals surface area contributed by atoms with Crippen LogP contribution in [0.4, 0.5) is 13.2 Å². The maximum absolute atomic E-state index is 13.1. The van der Waals surface area contributed by atoms with Crippen LogP contribution in [0.3, 0.4) is 0 Å². The second kappa shape index (κ2) is 7.61. The summed E-state index contributed by atoms with van der Waals surface area (Å²) in [6.07, 6.45) is -0.483. The van der Waals surface area contributed by atoms with Crippen molar-refractivity contribution in [3.8, 4) is 5.75 Å². The van der Waals surface area contributed by atoms with E-state index in [0.29, 0.717) is 25.6 Å². The molecule has 0 bridgehead atoms. The van der Waals surface area contributed by atoms with Crippen LogP contribution in [-0.2, 0) is 11.0 Å². The van der Waals surface area contributed by atoms with Crippen molar-refractivity contribution in [1.82, 2.24) is 4.90 Å². The van der Waals surface area contributed by atoms with Crippen molar-refractivity contribution in [2.75, 3.05) is 19.7 Å². The Morgan fingerprint density at radius 2 is 2.07 bits per heavy atom. The van der Waals surface area contributed by atoms with Crippen LogP contribution >= 0.6 is 0 Å². The van der Waals surface area contributed by atoms with Gasteiger partial charge in [-0.05, 0) is 31.4 Å². The van der Waals surface area contributed by atoms with E-state index >= 15 is 0 Å². The van der Waals surface area contributed by atoms with Crippen LogP contribution in [0.15, 0.2) is 33.5 Å². The van der Waals surface area contributed by atoms with Crippen LogP contribution in [0.1, 0.15) is 37.7 Å². The Morgan fingerprint density at radius 3 is 2.83 bits per heavy atom. The van der Waals surface area contributed by atoms with Crippen molar-refractivity contribution in [1.29, 1.82) is 0 Å². The lowest BCUT2D eigenvalue weighted by Crippen LogP contribution is -2.55. The average molecular weight is 425 g/mol. The summed E-state index contributed by atoms with van der Waals surface area (Å²) in [5.74, 6) is -0.0718. The molecule has 30 heavy (non-hydrogen) atoms. The van der Waals surface area contributed by atoms with E-state index in [-0.39, 0.29) is 35.2 Å². The van der Waals surface area contributed by atoms with E-state index in [9.17, 15) is 27.9 Å². The predicted octanol–water partition coefficient (Wildman–Crippen LogP) is 3.34. The number of piperidine rings is 1. The number of fused-ring (bicyclic) bond motifs is 2. The second-order valence-corrected chi connectivity index (χ2v) is 8.06. The quantitative estimate of drug-likeness (QED) is 0.763. The molecule has 1 aliphatic heterocycles. The Kier molecular flexibility index (Phi) is 5.25. The summed E-state index contributed by atoms with van der Waals surface area (Å²) in [4.78, 5) is 25.7. The molecule has 6 nitrogen and oxygen atoms in total. The van der Waals surface area contributed by atoms with E-state index in [1.807, 2.05) is 0 Å². The summed E-state index contributed by atoms with van der Waals surface area (Å²) >= 11 is 0. The lowest BCUT2D eigenvalue weighted by molar-refractivity contribution is -0.145.